The first-order valence-electron chi connectivity index (χ1n) is 4.58. The van der Waals surface area contributed by atoms with Gasteiger partial charge in [0.1, 0.15) is 11.1 Å². The van der Waals surface area contributed by atoms with Gasteiger partial charge in [-0.2, -0.15) is 0 Å². The van der Waals surface area contributed by atoms with Gasteiger partial charge >= 0.3 is 11.9 Å². The van der Waals surface area contributed by atoms with E-state index in [1.165, 1.54) is 36.9 Å². The highest BCUT2D eigenvalue weighted by atomic mass is 79.9. The summed E-state index contributed by atoms with van der Waals surface area (Å²) in [6, 6.07) is 0. The van der Waals surface area contributed by atoms with Crippen LogP contribution in [0.15, 0.2) is 7.57 Å². The zero-order valence-corrected chi connectivity index (χ0v) is 14.0. The van der Waals surface area contributed by atoms with Crippen molar-refractivity contribution in [2.75, 3.05) is 14.2 Å². The molecule has 0 aliphatic rings. The minimum absolute atomic E-state index is 0.432. The van der Waals surface area contributed by atoms with Crippen LogP contribution in [0.4, 0.5) is 0 Å². The third-order valence-corrected chi connectivity index (χ3v) is 6.10. The van der Waals surface area contributed by atoms with Gasteiger partial charge in [-0.15, -0.1) is 22.7 Å². The highest BCUT2D eigenvalue weighted by Crippen LogP contribution is 2.46. The summed E-state index contributed by atoms with van der Waals surface area (Å²) < 4.78 is 12.2. The molecular formula is C10H6Br2O4S2. The van der Waals surface area contributed by atoms with Gasteiger partial charge in [0, 0.05) is 0 Å². The molecule has 0 aliphatic carbocycles. The molecule has 2 heterocycles. The monoisotopic (exact) mass is 412 g/mol. The van der Waals surface area contributed by atoms with Crippen LogP contribution in [0.3, 0.4) is 0 Å². The fourth-order valence-electron chi connectivity index (χ4n) is 1.43. The average molecular weight is 414 g/mol. The minimum Gasteiger partial charge on any atom is -0.465 e. The van der Waals surface area contributed by atoms with E-state index in [-0.39, 0.29) is 0 Å². The normalized spacial score (nSPS) is 10.7. The van der Waals surface area contributed by atoms with Gasteiger partial charge in [-0.05, 0) is 31.9 Å². The van der Waals surface area contributed by atoms with Crippen LogP contribution in [0.5, 0.6) is 0 Å². The summed E-state index contributed by atoms with van der Waals surface area (Å²) in [5.74, 6) is -0.864. The van der Waals surface area contributed by atoms with Crippen molar-refractivity contribution in [2.45, 2.75) is 0 Å². The molecule has 2 aromatic heterocycles. The number of rotatable bonds is 2. The largest absolute Gasteiger partial charge is 0.465 e. The maximum absolute atomic E-state index is 11.7. The molecule has 0 radical (unpaired) electrons. The average Bonchev–Trinajstić information content (AvgIpc) is 2.80. The molecule has 0 spiro atoms. The fourth-order valence-corrected chi connectivity index (χ4v) is 5.66. The molecule has 0 aromatic carbocycles. The van der Waals surface area contributed by atoms with E-state index in [0.717, 1.165) is 0 Å². The molecular weight excluding hydrogens is 408 g/mol. The number of esters is 2. The number of hydrogen-bond donors (Lipinski definition) is 0. The first kappa shape index (κ1) is 14.0. The van der Waals surface area contributed by atoms with Crippen molar-refractivity contribution in [3.8, 4) is 0 Å². The predicted molar refractivity (Wildman–Crippen MR) is 77.8 cm³/mol. The minimum atomic E-state index is -0.432. The number of carbonyl (C=O) groups excluding carboxylic acids is 2. The predicted octanol–water partition coefficient (Wildman–Crippen LogP) is 4.06. The summed E-state index contributed by atoms with van der Waals surface area (Å²) in [5.41, 5.74) is 0.886. The van der Waals surface area contributed by atoms with E-state index in [4.69, 9.17) is 9.47 Å². The lowest BCUT2D eigenvalue weighted by atomic mass is 10.2. The lowest BCUT2D eigenvalue weighted by Crippen LogP contribution is -2.00. The van der Waals surface area contributed by atoms with Crippen LogP contribution >= 0.6 is 54.5 Å². The van der Waals surface area contributed by atoms with Gasteiger partial charge in [-0.25, -0.2) is 9.59 Å². The van der Waals surface area contributed by atoms with Gasteiger partial charge < -0.3 is 9.47 Å². The number of methoxy groups -OCH3 is 2. The number of ether oxygens (including phenoxy) is 2. The summed E-state index contributed by atoms with van der Waals surface area (Å²) in [7, 11) is 2.64. The Morgan fingerprint density at radius 3 is 1.50 bits per heavy atom. The van der Waals surface area contributed by atoms with Crippen LogP contribution in [0.25, 0.3) is 9.40 Å². The molecule has 8 heteroatoms. The summed E-state index contributed by atoms with van der Waals surface area (Å²) in [4.78, 5) is 23.4. The number of fused-ring (bicyclic) bond motifs is 1. The Labute approximate surface area is 127 Å². The second kappa shape index (κ2) is 5.28. The fraction of sp³-hybridized carbons (Fsp3) is 0.200. The van der Waals surface area contributed by atoms with Gasteiger partial charge in [0.2, 0.25) is 0 Å². The molecule has 0 amide bonds. The molecule has 4 nitrogen and oxygen atoms in total. The van der Waals surface area contributed by atoms with E-state index < -0.39 is 11.9 Å². The van der Waals surface area contributed by atoms with E-state index in [2.05, 4.69) is 31.9 Å². The van der Waals surface area contributed by atoms with Gasteiger partial charge in [-0.3, -0.25) is 0 Å². The molecule has 0 atom stereocenters. The van der Waals surface area contributed by atoms with Crippen LogP contribution in [0.1, 0.15) is 20.7 Å². The Kier molecular flexibility index (Phi) is 4.10. The molecule has 96 valence electrons. The molecule has 2 aromatic rings. The van der Waals surface area contributed by atoms with Crippen LogP contribution in [-0.2, 0) is 9.47 Å². The van der Waals surface area contributed by atoms with E-state index >= 15 is 0 Å². The van der Waals surface area contributed by atoms with Crippen LogP contribution in [-0.4, -0.2) is 26.2 Å². The van der Waals surface area contributed by atoms with Crippen molar-refractivity contribution < 1.29 is 19.1 Å². The zero-order valence-electron chi connectivity index (χ0n) is 9.21. The Balaban J connectivity index is 2.75. The molecule has 0 N–H and O–H groups in total. The Morgan fingerprint density at radius 1 is 0.889 bits per heavy atom. The van der Waals surface area contributed by atoms with E-state index in [1.807, 2.05) is 0 Å². The van der Waals surface area contributed by atoms with Crippen molar-refractivity contribution in [1.29, 1.82) is 0 Å². The van der Waals surface area contributed by atoms with Crippen molar-refractivity contribution >= 4 is 75.9 Å². The van der Waals surface area contributed by atoms with Gasteiger partial charge in [0.05, 0.1) is 31.2 Å². The van der Waals surface area contributed by atoms with Crippen molar-refractivity contribution in [2.24, 2.45) is 0 Å². The summed E-state index contributed by atoms with van der Waals surface area (Å²) in [5, 5.41) is 0. The zero-order chi connectivity index (χ0) is 13.4. The second-order valence-electron chi connectivity index (χ2n) is 3.14. The second-order valence-corrected chi connectivity index (χ2v) is 7.82. The summed E-state index contributed by atoms with van der Waals surface area (Å²) >= 11 is 9.25. The highest BCUT2D eigenvalue weighted by molar-refractivity contribution is 9.11. The first-order chi connectivity index (χ1) is 8.51. The van der Waals surface area contributed by atoms with Crippen LogP contribution in [0, 0.1) is 0 Å². The van der Waals surface area contributed by atoms with E-state index in [9.17, 15) is 9.59 Å². The smallest absolute Gasteiger partial charge is 0.341 e. The standard InChI is InChI=1S/C10H6Br2O4S2/c1-15-9(13)3-5-6(18-7(3)11)4(8(12)17-5)10(14)16-2/h1-2H3. The third-order valence-electron chi connectivity index (χ3n) is 2.22. The lowest BCUT2D eigenvalue weighted by Gasteiger charge is -1.96. The molecule has 2 rings (SSSR count). The number of carbonyl (C=O) groups is 2. The number of thiophene rings is 2. The summed E-state index contributed by atoms with van der Waals surface area (Å²) in [6.45, 7) is 0. The van der Waals surface area contributed by atoms with Gasteiger partial charge in [0.25, 0.3) is 0 Å². The molecule has 0 aliphatic heterocycles. The number of hydrogen-bond acceptors (Lipinski definition) is 6. The maximum atomic E-state index is 11.7. The van der Waals surface area contributed by atoms with Gasteiger partial charge in [0.15, 0.2) is 0 Å². The van der Waals surface area contributed by atoms with Crippen molar-refractivity contribution in [3.05, 3.63) is 18.7 Å². The third kappa shape index (κ3) is 2.11. The molecule has 18 heavy (non-hydrogen) atoms. The van der Waals surface area contributed by atoms with E-state index in [0.29, 0.717) is 28.1 Å². The first-order valence-corrected chi connectivity index (χ1v) is 7.80. The Morgan fingerprint density at radius 2 is 1.22 bits per heavy atom. The van der Waals surface area contributed by atoms with Crippen LogP contribution in [0.2, 0.25) is 0 Å². The topological polar surface area (TPSA) is 52.6 Å². The highest BCUT2D eigenvalue weighted by Gasteiger charge is 2.27. The molecule has 0 saturated heterocycles. The molecule has 0 unspecified atom stereocenters. The van der Waals surface area contributed by atoms with Gasteiger partial charge in [-0.1, -0.05) is 0 Å². The quantitative estimate of drug-likeness (QED) is 0.696. The Hall–Kier alpha value is -0.440. The molecule has 0 saturated carbocycles. The maximum Gasteiger partial charge on any atom is 0.341 e. The SMILES string of the molecule is COC(=O)c1c(Br)sc2c(C(=O)OC)c(Br)sc12. The summed E-state index contributed by atoms with van der Waals surface area (Å²) in [6.07, 6.45) is 0. The van der Waals surface area contributed by atoms with Crippen molar-refractivity contribution in [1.82, 2.24) is 0 Å². The number of halogens is 2. The molecule has 0 fully saturated rings. The van der Waals surface area contributed by atoms with Crippen molar-refractivity contribution in [3.63, 3.8) is 0 Å². The van der Waals surface area contributed by atoms with E-state index in [1.54, 1.807) is 0 Å². The Bertz CT molecular complexity index is 588. The van der Waals surface area contributed by atoms with Crippen LogP contribution < -0.4 is 0 Å². The lowest BCUT2D eigenvalue weighted by molar-refractivity contribution is 0.0593. The molecule has 0 bridgehead atoms.